The average Bonchev–Trinajstić information content (AvgIpc) is 2.83. The monoisotopic (exact) mass is 305 g/mol. The molecule has 3 nitrogen and oxygen atoms in total. The molecule has 20 heavy (non-hydrogen) atoms. The van der Waals surface area contributed by atoms with Crippen molar-refractivity contribution >= 4 is 34.2 Å². The summed E-state index contributed by atoms with van der Waals surface area (Å²) in [4.78, 5) is 8.80. The van der Waals surface area contributed by atoms with Crippen molar-refractivity contribution in [1.82, 2.24) is 14.5 Å². The first-order valence-corrected chi connectivity index (χ1v) is 7.16. The number of nitrogens with zero attached hydrogens (tertiary/aromatic N) is 3. The summed E-state index contributed by atoms with van der Waals surface area (Å²) in [5, 5.41) is 0.584. The molecule has 0 amide bonds. The molecule has 0 fully saturated rings. The molecule has 0 N–H and O–H groups in total. The van der Waals surface area contributed by atoms with E-state index in [1.165, 1.54) is 11.1 Å². The summed E-state index contributed by atoms with van der Waals surface area (Å²) in [6.45, 7) is 4.17. The van der Waals surface area contributed by atoms with Gasteiger partial charge in [0, 0.05) is 12.1 Å². The summed E-state index contributed by atoms with van der Waals surface area (Å²) in [5.41, 5.74) is 5.31. The number of aryl methyl sites for hydroxylation is 2. The van der Waals surface area contributed by atoms with E-state index in [4.69, 9.17) is 23.2 Å². The van der Waals surface area contributed by atoms with Crippen LogP contribution in [0, 0.1) is 13.8 Å². The second-order valence-electron chi connectivity index (χ2n) is 4.81. The molecule has 102 valence electrons. The third-order valence-electron chi connectivity index (χ3n) is 3.47. The lowest BCUT2D eigenvalue weighted by Gasteiger charge is -2.07. The van der Waals surface area contributed by atoms with Crippen LogP contribution in [-0.4, -0.2) is 14.5 Å². The maximum Gasteiger partial charge on any atom is 0.138 e. The number of rotatable bonds is 2. The molecule has 2 heterocycles. The van der Waals surface area contributed by atoms with E-state index < -0.39 is 0 Å². The Morgan fingerprint density at radius 3 is 2.60 bits per heavy atom. The van der Waals surface area contributed by atoms with Gasteiger partial charge >= 0.3 is 0 Å². The summed E-state index contributed by atoms with van der Waals surface area (Å²) < 4.78 is 1.95. The number of imidazole rings is 1. The molecule has 1 aromatic carbocycles. The van der Waals surface area contributed by atoms with Crippen LogP contribution in [0.25, 0.3) is 16.9 Å². The highest BCUT2D eigenvalue weighted by molar-refractivity contribution is 6.32. The van der Waals surface area contributed by atoms with Crippen LogP contribution in [0.2, 0.25) is 5.02 Å². The van der Waals surface area contributed by atoms with Crippen molar-refractivity contribution < 1.29 is 0 Å². The zero-order valence-electron chi connectivity index (χ0n) is 11.2. The zero-order valence-corrected chi connectivity index (χ0v) is 12.7. The van der Waals surface area contributed by atoms with E-state index >= 15 is 0 Å². The first-order valence-electron chi connectivity index (χ1n) is 6.25. The maximum absolute atomic E-state index is 6.05. The third-order valence-corrected chi connectivity index (χ3v) is 4.10. The van der Waals surface area contributed by atoms with Crippen molar-refractivity contribution in [3.05, 3.63) is 52.4 Å². The van der Waals surface area contributed by atoms with Crippen LogP contribution < -0.4 is 0 Å². The van der Waals surface area contributed by atoms with E-state index in [1.807, 2.05) is 10.6 Å². The number of pyridine rings is 1. The number of halogens is 2. The minimum absolute atomic E-state index is 0.360. The summed E-state index contributed by atoms with van der Waals surface area (Å²) >= 11 is 11.9. The van der Waals surface area contributed by atoms with Gasteiger partial charge in [-0.2, -0.15) is 0 Å². The van der Waals surface area contributed by atoms with Gasteiger partial charge in [0.25, 0.3) is 0 Å². The lowest BCUT2D eigenvalue weighted by atomic mass is 10.1. The van der Waals surface area contributed by atoms with Crippen LogP contribution in [0.5, 0.6) is 0 Å². The number of aromatic nitrogens is 3. The summed E-state index contributed by atoms with van der Waals surface area (Å²) in [7, 11) is 0. The van der Waals surface area contributed by atoms with E-state index in [1.54, 1.807) is 12.5 Å². The Kier molecular flexibility index (Phi) is 3.40. The van der Waals surface area contributed by atoms with Crippen LogP contribution in [0.3, 0.4) is 0 Å². The highest BCUT2D eigenvalue weighted by Crippen LogP contribution is 2.24. The minimum Gasteiger partial charge on any atom is -0.283 e. The van der Waals surface area contributed by atoms with Crippen molar-refractivity contribution in [3.63, 3.8) is 0 Å². The van der Waals surface area contributed by atoms with Crippen molar-refractivity contribution in [2.24, 2.45) is 0 Å². The Morgan fingerprint density at radius 1 is 1.10 bits per heavy atom. The quantitative estimate of drug-likeness (QED) is 0.656. The van der Waals surface area contributed by atoms with Gasteiger partial charge in [-0.05, 0) is 48.7 Å². The van der Waals surface area contributed by atoms with Crippen molar-refractivity contribution in [1.29, 1.82) is 0 Å². The fourth-order valence-electron chi connectivity index (χ4n) is 2.15. The molecule has 0 unspecified atom stereocenters. The van der Waals surface area contributed by atoms with E-state index in [9.17, 15) is 0 Å². The Morgan fingerprint density at radius 2 is 1.85 bits per heavy atom. The number of fused-ring (bicyclic) bond motifs is 1. The molecular weight excluding hydrogens is 293 g/mol. The third kappa shape index (κ3) is 2.17. The summed E-state index contributed by atoms with van der Waals surface area (Å²) in [6.07, 6.45) is 3.40. The smallest absolute Gasteiger partial charge is 0.138 e. The second kappa shape index (κ2) is 5.08. The standard InChI is InChI=1S/C15H13Cl2N3/c1-9-3-13-14(4-10(9)2)20(8-19-13)15-5-11(6-16)12(17)7-18-15/h3-5,7-8H,6H2,1-2H3. The first-order chi connectivity index (χ1) is 9.60. The van der Waals surface area contributed by atoms with Gasteiger partial charge in [-0.15, -0.1) is 11.6 Å². The summed E-state index contributed by atoms with van der Waals surface area (Å²) in [5.74, 6) is 1.13. The Labute approximate surface area is 127 Å². The largest absolute Gasteiger partial charge is 0.283 e. The van der Waals surface area contributed by atoms with Crippen molar-refractivity contribution in [2.75, 3.05) is 0 Å². The van der Waals surface area contributed by atoms with Crippen LogP contribution in [0.4, 0.5) is 0 Å². The molecule has 0 atom stereocenters. The number of hydrogen-bond acceptors (Lipinski definition) is 2. The molecule has 0 aliphatic heterocycles. The molecule has 0 bridgehead atoms. The Hall–Kier alpha value is -1.58. The second-order valence-corrected chi connectivity index (χ2v) is 5.48. The Balaban J connectivity index is 2.22. The normalized spacial score (nSPS) is 11.2. The van der Waals surface area contributed by atoms with Crippen LogP contribution in [0.1, 0.15) is 16.7 Å². The highest BCUT2D eigenvalue weighted by Gasteiger charge is 2.09. The molecule has 0 aliphatic carbocycles. The molecule has 0 saturated carbocycles. The molecular formula is C15H13Cl2N3. The van der Waals surface area contributed by atoms with Crippen LogP contribution in [0.15, 0.2) is 30.7 Å². The lowest BCUT2D eigenvalue weighted by Crippen LogP contribution is -1.98. The van der Waals surface area contributed by atoms with Gasteiger partial charge in [0.2, 0.25) is 0 Å². The molecule has 0 radical (unpaired) electrons. The van der Waals surface area contributed by atoms with E-state index in [2.05, 4.69) is 35.9 Å². The lowest BCUT2D eigenvalue weighted by molar-refractivity contribution is 1.01. The predicted molar refractivity (Wildman–Crippen MR) is 82.9 cm³/mol. The molecule has 0 spiro atoms. The highest BCUT2D eigenvalue weighted by atomic mass is 35.5. The molecule has 2 aromatic heterocycles. The first kappa shape index (κ1) is 13.4. The van der Waals surface area contributed by atoms with Gasteiger partial charge in [0.15, 0.2) is 0 Å². The maximum atomic E-state index is 6.05. The Bertz CT molecular complexity index is 793. The molecule has 0 saturated heterocycles. The van der Waals surface area contributed by atoms with Gasteiger partial charge in [-0.25, -0.2) is 9.97 Å². The SMILES string of the molecule is Cc1cc2ncn(-c3cc(CCl)c(Cl)cn3)c2cc1C. The van der Waals surface area contributed by atoms with E-state index in [0.717, 1.165) is 22.4 Å². The van der Waals surface area contributed by atoms with E-state index in [-0.39, 0.29) is 0 Å². The summed E-state index contributed by atoms with van der Waals surface area (Å²) in [6, 6.07) is 6.10. The van der Waals surface area contributed by atoms with Gasteiger partial charge < -0.3 is 0 Å². The van der Waals surface area contributed by atoms with Crippen molar-refractivity contribution in [2.45, 2.75) is 19.7 Å². The minimum atomic E-state index is 0.360. The fraction of sp³-hybridized carbons (Fsp3) is 0.200. The average molecular weight is 306 g/mol. The zero-order chi connectivity index (χ0) is 14.3. The van der Waals surface area contributed by atoms with Gasteiger partial charge in [-0.3, -0.25) is 4.57 Å². The van der Waals surface area contributed by atoms with Gasteiger partial charge in [-0.1, -0.05) is 11.6 Å². The van der Waals surface area contributed by atoms with Gasteiger partial charge in [0.05, 0.1) is 16.1 Å². The van der Waals surface area contributed by atoms with Crippen LogP contribution >= 0.6 is 23.2 Å². The predicted octanol–water partition coefficient (Wildman–Crippen LogP) is 4.43. The number of hydrogen-bond donors (Lipinski definition) is 0. The van der Waals surface area contributed by atoms with Crippen LogP contribution in [-0.2, 0) is 5.88 Å². The molecule has 5 heteroatoms. The topological polar surface area (TPSA) is 30.7 Å². The van der Waals surface area contributed by atoms with Crippen molar-refractivity contribution in [3.8, 4) is 5.82 Å². The molecule has 3 rings (SSSR count). The number of benzene rings is 1. The van der Waals surface area contributed by atoms with Gasteiger partial charge in [0.1, 0.15) is 12.1 Å². The molecule has 3 aromatic rings. The number of alkyl halides is 1. The fourth-order valence-corrected chi connectivity index (χ4v) is 2.61. The van der Waals surface area contributed by atoms with E-state index in [0.29, 0.717) is 10.9 Å². The molecule has 0 aliphatic rings.